The van der Waals surface area contributed by atoms with Crippen LogP contribution in [-0.4, -0.2) is 23.5 Å². The van der Waals surface area contributed by atoms with E-state index < -0.39 is 15.6 Å². The molecule has 0 saturated carbocycles. The van der Waals surface area contributed by atoms with Crippen LogP contribution >= 0.6 is 0 Å². The van der Waals surface area contributed by atoms with Crippen molar-refractivity contribution in [3.05, 3.63) is 79.1 Å². The molecule has 2 aromatic heterocycles. The highest BCUT2D eigenvalue weighted by Crippen LogP contribution is 2.23. The Bertz CT molecular complexity index is 1170. The van der Waals surface area contributed by atoms with Gasteiger partial charge in [-0.3, -0.25) is 0 Å². The zero-order chi connectivity index (χ0) is 21.1. The van der Waals surface area contributed by atoms with Crippen LogP contribution in [0.5, 0.6) is 0 Å². The lowest BCUT2D eigenvalue weighted by Crippen LogP contribution is -2.28. The molecule has 0 N–H and O–H groups in total. The Kier molecular flexibility index (Phi) is 5.66. The SMILES string of the molecule is O=S(=O)([O-])C(F)(F)F.c1ccc(-[n+]2ccc(-c3nc4ccccc4o3)cc2)cc1. The largest absolute Gasteiger partial charge is 0.741 e. The third kappa shape index (κ3) is 4.98. The van der Waals surface area contributed by atoms with Gasteiger partial charge in [-0.2, -0.15) is 17.7 Å². The second kappa shape index (κ2) is 8.02. The number of oxazole rings is 1. The quantitative estimate of drug-likeness (QED) is 0.278. The molecule has 0 fully saturated rings. The van der Waals surface area contributed by atoms with E-state index in [2.05, 4.69) is 21.7 Å². The molecule has 0 bridgehead atoms. The number of hydrogen-bond donors (Lipinski definition) is 0. The summed E-state index contributed by atoms with van der Waals surface area (Å²) in [5, 5.41) is 0. The molecule has 0 unspecified atom stereocenters. The molecule has 0 radical (unpaired) electrons. The Balaban J connectivity index is 0.000000258. The van der Waals surface area contributed by atoms with Gasteiger partial charge >= 0.3 is 5.51 Å². The van der Waals surface area contributed by atoms with Crippen molar-refractivity contribution in [2.45, 2.75) is 5.51 Å². The average molecular weight is 422 g/mol. The van der Waals surface area contributed by atoms with E-state index in [0.717, 1.165) is 22.4 Å². The van der Waals surface area contributed by atoms with Crippen molar-refractivity contribution in [2.75, 3.05) is 0 Å². The van der Waals surface area contributed by atoms with Crippen LogP contribution in [0.1, 0.15) is 0 Å². The Morgan fingerprint density at radius 2 is 1.45 bits per heavy atom. The molecule has 4 rings (SSSR count). The highest BCUT2D eigenvalue weighted by Gasteiger charge is 2.36. The first-order chi connectivity index (χ1) is 13.6. The van der Waals surface area contributed by atoms with Crippen LogP contribution < -0.4 is 4.57 Å². The molecule has 0 amide bonds. The van der Waals surface area contributed by atoms with Crippen molar-refractivity contribution in [3.63, 3.8) is 0 Å². The number of benzene rings is 2. The highest BCUT2D eigenvalue weighted by atomic mass is 32.2. The summed E-state index contributed by atoms with van der Waals surface area (Å²) >= 11 is 0. The molecule has 0 aliphatic heterocycles. The van der Waals surface area contributed by atoms with Crippen molar-refractivity contribution in [3.8, 4) is 17.1 Å². The minimum atomic E-state index is -6.09. The Hall–Kier alpha value is -3.24. The summed E-state index contributed by atoms with van der Waals surface area (Å²) in [4.78, 5) is 4.51. The zero-order valence-corrected chi connectivity index (χ0v) is 15.4. The van der Waals surface area contributed by atoms with Crippen LogP contribution in [0.3, 0.4) is 0 Å². The number of alkyl halides is 3. The summed E-state index contributed by atoms with van der Waals surface area (Å²) in [5.41, 5.74) is -1.85. The Morgan fingerprint density at radius 3 is 2.00 bits per heavy atom. The predicted molar refractivity (Wildman–Crippen MR) is 96.7 cm³/mol. The first-order valence-corrected chi connectivity index (χ1v) is 9.51. The van der Waals surface area contributed by atoms with E-state index in [1.54, 1.807) is 0 Å². The van der Waals surface area contributed by atoms with Crippen molar-refractivity contribution < 1.29 is 35.1 Å². The lowest BCUT2D eigenvalue weighted by atomic mass is 10.2. The third-order valence-electron chi connectivity index (χ3n) is 3.71. The van der Waals surface area contributed by atoms with E-state index >= 15 is 0 Å². The minimum Gasteiger partial charge on any atom is -0.741 e. The number of hydrogen-bond acceptors (Lipinski definition) is 5. The molecule has 150 valence electrons. The predicted octanol–water partition coefficient (Wildman–Crippen LogP) is 3.82. The van der Waals surface area contributed by atoms with Crippen molar-refractivity contribution in [2.24, 2.45) is 0 Å². The van der Waals surface area contributed by atoms with E-state index in [9.17, 15) is 13.2 Å². The normalized spacial score (nSPS) is 11.7. The summed E-state index contributed by atoms with van der Waals surface area (Å²) in [6.45, 7) is 0. The molecule has 0 saturated heterocycles. The summed E-state index contributed by atoms with van der Waals surface area (Å²) in [6.07, 6.45) is 4.03. The fourth-order valence-electron chi connectivity index (χ4n) is 2.34. The maximum atomic E-state index is 10.7. The van der Waals surface area contributed by atoms with E-state index in [1.807, 2.05) is 67.0 Å². The molecule has 10 heteroatoms. The molecule has 0 spiro atoms. The highest BCUT2D eigenvalue weighted by molar-refractivity contribution is 7.86. The number of pyridine rings is 1. The molecule has 2 heterocycles. The van der Waals surface area contributed by atoms with Gasteiger partial charge in [0.05, 0.1) is 0 Å². The van der Waals surface area contributed by atoms with Gasteiger partial charge in [-0.15, -0.1) is 0 Å². The third-order valence-corrected chi connectivity index (χ3v) is 4.27. The van der Waals surface area contributed by atoms with Crippen molar-refractivity contribution >= 4 is 21.2 Å². The first-order valence-electron chi connectivity index (χ1n) is 8.10. The molecule has 4 aromatic rings. The smallest absolute Gasteiger partial charge is 0.485 e. The summed E-state index contributed by atoms with van der Waals surface area (Å²) in [6, 6.07) is 22.0. The van der Waals surface area contributed by atoms with Crippen LogP contribution in [0.15, 0.2) is 83.5 Å². The van der Waals surface area contributed by atoms with Crippen LogP contribution in [0.25, 0.3) is 28.2 Å². The fraction of sp³-hybridized carbons (Fsp3) is 0.0526. The van der Waals surface area contributed by atoms with Gasteiger partial charge in [-0.05, 0) is 12.1 Å². The topological polar surface area (TPSA) is 87.1 Å². The fourth-order valence-corrected chi connectivity index (χ4v) is 2.34. The molecule has 0 atom stereocenters. The Morgan fingerprint density at radius 1 is 0.897 bits per heavy atom. The molecule has 0 aliphatic rings. The van der Waals surface area contributed by atoms with Gasteiger partial charge < -0.3 is 8.97 Å². The van der Waals surface area contributed by atoms with Crippen molar-refractivity contribution in [1.82, 2.24) is 4.98 Å². The molecule has 29 heavy (non-hydrogen) atoms. The average Bonchev–Trinajstić information content (AvgIpc) is 3.12. The van der Waals surface area contributed by atoms with Gasteiger partial charge in [0.15, 0.2) is 28.1 Å². The second-order valence-electron chi connectivity index (χ2n) is 5.72. The lowest BCUT2D eigenvalue weighted by molar-refractivity contribution is -0.595. The van der Waals surface area contributed by atoms with Gasteiger partial charge in [0.1, 0.15) is 5.52 Å². The van der Waals surface area contributed by atoms with Gasteiger partial charge in [0, 0.05) is 29.8 Å². The maximum absolute atomic E-state index is 10.7. The van der Waals surface area contributed by atoms with Crippen LogP contribution in [0, 0.1) is 0 Å². The van der Waals surface area contributed by atoms with E-state index in [-0.39, 0.29) is 0 Å². The summed E-state index contributed by atoms with van der Waals surface area (Å²) in [7, 11) is -6.09. The minimum absolute atomic E-state index is 0.649. The molecule has 6 nitrogen and oxygen atoms in total. The monoisotopic (exact) mass is 422 g/mol. The summed E-state index contributed by atoms with van der Waals surface area (Å²) in [5.74, 6) is 0.649. The number of rotatable bonds is 2. The van der Waals surface area contributed by atoms with Crippen molar-refractivity contribution in [1.29, 1.82) is 0 Å². The number of nitrogens with zero attached hydrogens (tertiary/aromatic N) is 2. The standard InChI is InChI=1S/C18H13N2O.CHF3O3S/c1-2-6-15(7-3-1)20-12-10-14(11-13-20)18-19-16-8-4-5-9-17(16)21-18;2-1(3,4)8(5,6)7/h1-13H;(H,5,6,7)/q+1;/p-1. The van der Waals surface area contributed by atoms with Gasteiger partial charge in [0.2, 0.25) is 11.6 Å². The van der Waals surface area contributed by atoms with Gasteiger partial charge in [-0.25, -0.2) is 13.4 Å². The molecule has 0 aliphatic carbocycles. The van der Waals surface area contributed by atoms with Gasteiger partial charge in [-0.1, -0.05) is 30.3 Å². The number of halogens is 3. The van der Waals surface area contributed by atoms with E-state index in [0.29, 0.717) is 5.89 Å². The van der Waals surface area contributed by atoms with E-state index in [1.165, 1.54) is 0 Å². The van der Waals surface area contributed by atoms with E-state index in [4.69, 9.17) is 17.4 Å². The molecule has 2 aromatic carbocycles. The first kappa shape index (κ1) is 20.5. The Labute approximate surface area is 163 Å². The number of fused-ring (bicyclic) bond motifs is 1. The maximum Gasteiger partial charge on any atom is 0.485 e. The molecular weight excluding hydrogens is 409 g/mol. The van der Waals surface area contributed by atoms with Crippen LogP contribution in [0.2, 0.25) is 0 Å². The van der Waals surface area contributed by atoms with Crippen LogP contribution in [-0.2, 0) is 10.1 Å². The van der Waals surface area contributed by atoms with Crippen LogP contribution in [0.4, 0.5) is 13.2 Å². The second-order valence-corrected chi connectivity index (χ2v) is 7.09. The molecular formula is C19H13F3N2O4S. The zero-order valence-electron chi connectivity index (χ0n) is 14.6. The summed E-state index contributed by atoms with van der Waals surface area (Å²) < 4.78 is 66.7. The number of para-hydroxylation sites is 3. The lowest BCUT2D eigenvalue weighted by Gasteiger charge is -2.08. The number of aromatic nitrogens is 2. The van der Waals surface area contributed by atoms with Gasteiger partial charge in [0.25, 0.3) is 0 Å².